The van der Waals surface area contributed by atoms with E-state index in [1.807, 2.05) is 13.8 Å². The molecule has 2 heteroatoms. The van der Waals surface area contributed by atoms with Crippen LogP contribution in [0.3, 0.4) is 0 Å². The van der Waals surface area contributed by atoms with E-state index < -0.39 is 0 Å². The molecule has 0 aromatic rings. The average molecular weight is 145 g/mol. The largest absolute Gasteiger partial charge is 0.392 e. The van der Waals surface area contributed by atoms with Crippen molar-refractivity contribution in [3.05, 3.63) is 0 Å². The number of aliphatic hydroxyl groups is 1. The SMILES string of the molecule is CC.CC1CCC(O)CN1. The molecule has 2 nitrogen and oxygen atoms in total. The number of β-amino-alcohol motifs (C(OH)–C–C–N with tert-alkyl or cyclic N) is 1. The van der Waals surface area contributed by atoms with Crippen LogP contribution in [0, 0.1) is 0 Å². The topological polar surface area (TPSA) is 32.3 Å². The molecule has 10 heavy (non-hydrogen) atoms. The van der Waals surface area contributed by atoms with E-state index in [-0.39, 0.29) is 6.10 Å². The van der Waals surface area contributed by atoms with Crippen molar-refractivity contribution >= 4 is 0 Å². The Bertz CT molecular complexity index is 57.7. The summed E-state index contributed by atoms with van der Waals surface area (Å²) in [4.78, 5) is 0. The van der Waals surface area contributed by atoms with E-state index in [0.717, 1.165) is 19.4 Å². The molecule has 0 aromatic carbocycles. The van der Waals surface area contributed by atoms with E-state index >= 15 is 0 Å². The lowest BCUT2D eigenvalue weighted by Crippen LogP contribution is -2.39. The van der Waals surface area contributed by atoms with Gasteiger partial charge in [-0.3, -0.25) is 0 Å². The smallest absolute Gasteiger partial charge is 0.0665 e. The van der Waals surface area contributed by atoms with Gasteiger partial charge in [0.1, 0.15) is 0 Å². The van der Waals surface area contributed by atoms with Crippen molar-refractivity contribution in [3.63, 3.8) is 0 Å². The van der Waals surface area contributed by atoms with E-state index in [0.29, 0.717) is 6.04 Å². The summed E-state index contributed by atoms with van der Waals surface area (Å²) in [6.07, 6.45) is 1.99. The molecular weight excluding hydrogens is 126 g/mol. The van der Waals surface area contributed by atoms with Crippen LogP contribution in [0.2, 0.25) is 0 Å². The number of hydrogen-bond acceptors (Lipinski definition) is 2. The molecule has 0 spiro atoms. The summed E-state index contributed by atoms with van der Waals surface area (Å²) >= 11 is 0. The summed E-state index contributed by atoms with van der Waals surface area (Å²) in [7, 11) is 0. The molecule has 0 saturated carbocycles. The zero-order chi connectivity index (χ0) is 7.98. The van der Waals surface area contributed by atoms with Crippen molar-refractivity contribution in [2.75, 3.05) is 6.54 Å². The Morgan fingerprint density at radius 3 is 2.20 bits per heavy atom. The second-order valence-electron chi connectivity index (χ2n) is 2.54. The first-order chi connectivity index (χ1) is 4.79. The van der Waals surface area contributed by atoms with Gasteiger partial charge in [0.25, 0.3) is 0 Å². The fraction of sp³-hybridized carbons (Fsp3) is 1.00. The van der Waals surface area contributed by atoms with Gasteiger partial charge in [0.15, 0.2) is 0 Å². The molecule has 0 amide bonds. The van der Waals surface area contributed by atoms with Gasteiger partial charge in [0, 0.05) is 12.6 Å². The van der Waals surface area contributed by atoms with E-state index in [2.05, 4.69) is 12.2 Å². The van der Waals surface area contributed by atoms with Crippen LogP contribution in [-0.2, 0) is 0 Å². The molecule has 1 heterocycles. The Morgan fingerprint density at radius 1 is 1.30 bits per heavy atom. The number of nitrogens with one attached hydrogen (secondary N) is 1. The van der Waals surface area contributed by atoms with Crippen molar-refractivity contribution < 1.29 is 5.11 Å². The van der Waals surface area contributed by atoms with E-state index in [9.17, 15) is 0 Å². The van der Waals surface area contributed by atoms with E-state index in [1.54, 1.807) is 0 Å². The number of piperidine rings is 1. The normalized spacial score (nSPS) is 32.4. The molecule has 62 valence electrons. The first kappa shape index (κ1) is 9.92. The van der Waals surface area contributed by atoms with Crippen LogP contribution >= 0.6 is 0 Å². The van der Waals surface area contributed by atoms with Crippen molar-refractivity contribution in [3.8, 4) is 0 Å². The third-order valence-electron chi connectivity index (χ3n) is 1.63. The molecule has 0 radical (unpaired) electrons. The van der Waals surface area contributed by atoms with Gasteiger partial charge in [0.2, 0.25) is 0 Å². The molecule has 2 atom stereocenters. The molecule has 2 unspecified atom stereocenters. The van der Waals surface area contributed by atoms with Crippen LogP contribution in [0.1, 0.15) is 33.6 Å². The molecule has 1 aliphatic rings. The van der Waals surface area contributed by atoms with Crippen LogP contribution in [0.25, 0.3) is 0 Å². The van der Waals surface area contributed by atoms with Crippen LogP contribution in [0.5, 0.6) is 0 Å². The maximum Gasteiger partial charge on any atom is 0.0665 e. The second kappa shape index (κ2) is 5.69. The predicted octanol–water partition coefficient (Wildman–Crippen LogP) is 1.15. The predicted molar refractivity (Wildman–Crippen MR) is 44.1 cm³/mol. The van der Waals surface area contributed by atoms with Gasteiger partial charge in [-0.2, -0.15) is 0 Å². The maximum atomic E-state index is 8.96. The Hall–Kier alpha value is -0.0800. The standard InChI is InChI=1S/C6H13NO.C2H6/c1-5-2-3-6(8)4-7-5;1-2/h5-8H,2-4H2,1H3;1-2H3. The first-order valence-electron chi connectivity index (χ1n) is 4.20. The third-order valence-corrected chi connectivity index (χ3v) is 1.63. The number of aliphatic hydroxyl groups excluding tert-OH is 1. The summed E-state index contributed by atoms with van der Waals surface area (Å²) in [5.74, 6) is 0. The molecule has 0 aliphatic carbocycles. The first-order valence-corrected chi connectivity index (χ1v) is 4.20. The number of rotatable bonds is 0. The van der Waals surface area contributed by atoms with Gasteiger partial charge in [-0.25, -0.2) is 0 Å². The Morgan fingerprint density at radius 2 is 1.90 bits per heavy atom. The Kier molecular flexibility index (Phi) is 5.64. The molecule has 2 N–H and O–H groups in total. The van der Waals surface area contributed by atoms with Crippen molar-refractivity contribution in [2.45, 2.75) is 45.8 Å². The van der Waals surface area contributed by atoms with Crippen LogP contribution in [0.4, 0.5) is 0 Å². The summed E-state index contributed by atoms with van der Waals surface area (Å²) in [6.45, 7) is 6.92. The van der Waals surface area contributed by atoms with Gasteiger partial charge in [-0.15, -0.1) is 0 Å². The maximum absolute atomic E-state index is 8.96. The lowest BCUT2D eigenvalue weighted by Gasteiger charge is -2.23. The highest BCUT2D eigenvalue weighted by Gasteiger charge is 2.13. The molecule has 1 aliphatic heterocycles. The Balaban J connectivity index is 0.000000371. The Labute approximate surface area is 63.6 Å². The lowest BCUT2D eigenvalue weighted by molar-refractivity contribution is 0.129. The summed E-state index contributed by atoms with van der Waals surface area (Å²) in [5.41, 5.74) is 0. The minimum Gasteiger partial charge on any atom is -0.392 e. The van der Waals surface area contributed by atoms with E-state index in [1.165, 1.54) is 0 Å². The zero-order valence-corrected chi connectivity index (χ0v) is 7.22. The van der Waals surface area contributed by atoms with Crippen molar-refractivity contribution in [1.82, 2.24) is 5.32 Å². The van der Waals surface area contributed by atoms with Gasteiger partial charge >= 0.3 is 0 Å². The molecule has 1 rings (SSSR count). The van der Waals surface area contributed by atoms with Gasteiger partial charge in [-0.1, -0.05) is 13.8 Å². The summed E-state index contributed by atoms with van der Waals surface area (Å²) < 4.78 is 0. The van der Waals surface area contributed by atoms with Crippen LogP contribution in [-0.4, -0.2) is 23.8 Å². The zero-order valence-electron chi connectivity index (χ0n) is 7.22. The molecule has 0 aromatic heterocycles. The lowest BCUT2D eigenvalue weighted by atomic mass is 10.0. The fourth-order valence-corrected chi connectivity index (χ4v) is 0.984. The third kappa shape index (κ3) is 3.85. The molecule has 1 fully saturated rings. The molecule has 1 saturated heterocycles. The minimum atomic E-state index is -0.0915. The van der Waals surface area contributed by atoms with Gasteiger partial charge < -0.3 is 10.4 Å². The number of hydrogen-bond donors (Lipinski definition) is 2. The monoisotopic (exact) mass is 145 g/mol. The van der Waals surface area contributed by atoms with Crippen molar-refractivity contribution in [1.29, 1.82) is 0 Å². The summed E-state index contributed by atoms with van der Waals surface area (Å²) in [6, 6.07) is 0.610. The fourth-order valence-electron chi connectivity index (χ4n) is 0.984. The quantitative estimate of drug-likeness (QED) is 0.536. The van der Waals surface area contributed by atoms with Gasteiger partial charge in [-0.05, 0) is 19.8 Å². The molecular formula is C8H19NO. The minimum absolute atomic E-state index is 0.0915. The van der Waals surface area contributed by atoms with Crippen LogP contribution in [0.15, 0.2) is 0 Å². The van der Waals surface area contributed by atoms with Crippen LogP contribution < -0.4 is 5.32 Å². The van der Waals surface area contributed by atoms with Crippen molar-refractivity contribution in [2.24, 2.45) is 0 Å². The highest BCUT2D eigenvalue weighted by atomic mass is 16.3. The van der Waals surface area contributed by atoms with E-state index in [4.69, 9.17) is 5.11 Å². The highest BCUT2D eigenvalue weighted by Crippen LogP contribution is 2.05. The summed E-state index contributed by atoms with van der Waals surface area (Å²) in [5, 5.41) is 12.1. The highest BCUT2D eigenvalue weighted by molar-refractivity contribution is 4.72. The molecule has 0 bridgehead atoms. The average Bonchev–Trinajstić information content (AvgIpc) is 2.00. The second-order valence-corrected chi connectivity index (χ2v) is 2.54. The van der Waals surface area contributed by atoms with Gasteiger partial charge in [0.05, 0.1) is 6.10 Å².